The first-order valence-corrected chi connectivity index (χ1v) is 6.57. The van der Waals surface area contributed by atoms with Crippen LogP contribution in [0.15, 0.2) is 0 Å². The van der Waals surface area contributed by atoms with Gasteiger partial charge in [-0.05, 0) is 31.1 Å². The maximum absolute atomic E-state index is 6.04. The molecule has 1 atom stereocenters. The summed E-state index contributed by atoms with van der Waals surface area (Å²) in [7, 11) is 0. The average molecular weight is 239 g/mol. The van der Waals surface area contributed by atoms with Gasteiger partial charge in [0.25, 0.3) is 0 Å². The van der Waals surface area contributed by atoms with Crippen LogP contribution in [0.5, 0.6) is 0 Å². The van der Waals surface area contributed by atoms with Gasteiger partial charge in [-0.15, -0.1) is 23.2 Å². The molecule has 1 unspecified atom stereocenters. The Labute approximate surface area is 97.1 Å². The van der Waals surface area contributed by atoms with Crippen LogP contribution in [0.4, 0.5) is 0 Å². The fourth-order valence-corrected chi connectivity index (χ4v) is 2.97. The fourth-order valence-electron chi connectivity index (χ4n) is 2.20. The Morgan fingerprint density at radius 1 is 1.36 bits per heavy atom. The molecule has 1 nitrogen and oxygen atoms in total. The van der Waals surface area contributed by atoms with Crippen molar-refractivity contribution in [2.24, 2.45) is 5.41 Å². The van der Waals surface area contributed by atoms with Gasteiger partial charge >= 0.3 is 0 Å². The van der Waals surface area contributed by atoms with Crippen molar-refractivity contribution in [3.8, 4) is 0 Å². The van der Waals surface area contributed by atoms with Crippen molar-refractivity contribution in [3.05, 3.63) is 0 Å². The van der Waals surface area contributed by atoms with Crippen molar-refractivity contribution in [2.45, 2.75) is 45.1 Å². The molecule has 0 aromatic carbocycles. The third kappa shape index (κ3) is 3.29. The molecule has 0 radical (unpaired) electrons. The van der Waals surface area contributed by atoms with Crippen LogP contribution in [0.1, 0.15) is 39.0 Å². The van der Waals surface area contributed by atoms with Crippen LogP contribution in [0.25, 0.3) is 0 Å². The highest BCUT2D eigenvalue weighted by molar-refractivity contribution is 6.21. The molecule has 0 N–H and O–H groups in total. The zero-order chi connectivity index (χ0) is 10.4. The molecule has 1 aliphatic heterocycles. The summed E-state index contributed by atoms with van der Waals surface area (Å²) in [6, 6.07) is 0. The summed E-state index contributed by atoms with van der Waals surface area (Å²) < 4.78 is 5.64. The number of halogens is 2. The van der Waals surface area contributed by atoms with Crippen LogP contribution in [0.3, 0.4) is 0 Å². The normalized spacial score (nSPS) is 22.9. The number of alkyl halides is 2. The first-order chi connectivity index (χ1) is 6.76. The summed E-state index contributed by atoms with van der Waals surface area (Å²) in [6.45, 7) is 3.10. The minimum Gasteiger partial charge on any atom is -0.378 e. The van der Waals surface area contributed by atoms with Gasteiger partial charge in [-0.3, -0.25) is 0 Å². The van der Waals surface area contributed by atoms with Crippen LogP contribution in [0.2, 0.25) is 0 Å². The van der Waals surface area contributed by atoms with E-state index in [9.17, 15) is 0 Å². The van der Waals surface area contributed by atoms with Gasteiger partial charge in [0.2, 0.25) is 0 Å². The standard InChI is InChI=1S/C11H20Cl2O/c1-2-5-11(8-12,9-13)7-10-4-3-6-14-10/h10H,2-9H2,1H3. The summed E-state index contributed by atoms with van der Waals surface area (Å²) in [4.78, 5) is 0. The monoisotopic (exact) mass is 238 g/mol. The third-order valence-electron chi connectivity index (χ3n) is 3.03. The van der Waals surface area contributed by atoms with E-state index in [2.05, 4.69) is 6.92 Å². The van der Waals surface area contributed by atoms with E-state index in [1.807, 2.05) is 0 Å². The highest BCUT2D eigenvalue weighted by Gasteiger charge is 2.32. The van der Waals surface area contributed by atoms with Crippen molar-refractivity contribution >= 4 is 23.2 Å². The Kier molecular flexibility index (Phi) is 5.58. The van der Waals surface area contributed by atoms with Crippen molar-refractivity contribution in [3.63, 3.8) is 0 Å². The van der Waals surface area contributed by atoms with Gasteiger partial charge in [-0.2, -0.15) is 0 Å². The lowest BCUT2D eigenvalue weighted by Crippen LogP contribution is -2.30. The molecule has 0 aromatic rings. The van der Waals surface area contributed by atoms with Gasteiger partial charge in [0.1, 0.15) is 0 Å². The van der Waals surface area contributed by atoms with Gasteiger partial charge in [0.15, 0.2) is 0 Å². The zero-order valence-electron chi connectivity index (χ0n) is 8.90. The van der Waals surface area contributed by atoms with Crippen LogP contribution in [-0.2, 0) is 4.74 Å². The van der Waals surface area contributed by atoms with Crippen LogP contribution < -0.4 is 0 Å². The Morgan fingerprint density at radius 2 is 2.07 bits per heavy atom. The molecule has 0 spiro atoms. The van der Waals surface area contributed by atoms with E-state index in [1.54, 1.807) is 0 Å². The fraction of sp³-hybridized carbons (Fsp3) is 1.00. The lowest BCUT2D eigenvalue weighted by atomic mass is 9.81. The maximum Gasteiger partial charge on any atom is 0.0582 e. The van der Waals surface area contributed by atoms with Crippen LogP contribution >= 0.6 is 23.2 Å². The Balaban J connectivity index is 2.47. The number of hydrogen-bond donors (Lipinski definition) is 0. The third-order valence-corrected chi connectivity index (χ3v) is 4.17. The molecule has 3 heteroatoms. The maximum atomic E-state index is 6.04. The zero-order valence-corrected chi connectivity index (χ0v) is 10.4. The highest BCUT2D eigenvalue weighted by Crippen LogP contribution is 2.35. The second kappa shape index (κ2) is 6.19. The lowest BCUT2D eigenvalue weighted by Gasteiger charge is -2.31. The topological polar surface area (TPSA) is 9.23 Å². The molecule has 0 amide bonds. The molecular formula is C11H20Cl2O. The minimum absolute atomic E-state index is 0.104. The van der Waals surface area contributed by atoms with E-state index in [4.69, 9.17) is 27.9 Å². The van der Waals surface area contributed by atoms with Gasteiger partial charge in [0, 0.05) is 18.4 Å². The average Bonchev–Trinajstić information content (AvgIpc) is 2.69. The highest BCUT2D eigenvalue weighted by atomic mass is 35.5. The van der Waals surface area contributed by atoms with Crippen LogP contribution in [0, 0.1) is 5.41 Å². The number of hydrogen-bond acceptors (Lipinski definition) is 1. The second-order valence-corrected chi connectivity index (χ2v) is 4.89. The van der Waals surface area contributed by atoms with E-state index >= 15 is 0 Å². The Morgan fingerprint density at radius 3 is 2.50 bits per heavy atom. The van der Waals surface area contributed by atoms with E-state index in [-0.39, 0.29) is 5.41 Å². The van der Waals surface area contributed by atoms with Gasteiger partial charge in [-0.25, -0.2) is 0 Å². The summed E-state index contributed by atoms with van der Waals surface area (Å²) in [5.41, 5.74) is 0.104. The largest absolute Gasteiger partial charge is 0.378 e. The molecule has 0 aromatic heterocycles. The summed E-state index contributed by atoms with van der Waals surface area (Å²) >= 11 is 12.1. The van der Waals surface area contributed by atoms with E-state index in [1.165, 1.54) is 12.8 Å². The molecule has 14 heavy (non-hydrogen) atoms. The second-order valence-electron chi connectivity index (χ2n) is 4.36. The van der Waals surface area contributed by atoms with Crippen LogP contribution in [-0.4, -0.2) is 24.5 Å². The quantitative estimate of drug-likeness (QED) is 0.640. The molecule has 0 aliphatic carbocycles. The molecule has 1 saturated heterocycles. The molecular weight excluding hydrogens is 219 g/mol. The van der Waals surface area contributed by atoms with Crippen molar-refractivity contribution < 1.29 is 4.74 Å². The molecule has 1 aliphatic rings. The van der Waals surface area contributed by atoms with Crippen molar-refractivity contribution in [2.75, 3.05) is 18.4 Å². The SMILES string of the molecule is CCCC(CCl)(CCl)CC1CCCO1. The predicted molar refractivity (Wildman–Crippen MR) is 62.4 cm³/mol. The summed E-state index contributed by atoms with van der Waals surface area (Å²) in [6.07, 6.45) is 6.07. The Bertz CT molecular complexity index is 151. The number of rotatable bonds is 6. The van der Waals surface area contributed by atoms with Crippen molar-refractivity contribution in [1.29, 1.82) is 0 Å². The van der Waals surface area contributed by atoms with Gasteiger partial charge in [0.05, 0.1) is 6.10 Å². The van der Waals surface area contributed by atoms with E-state index in [0.29, 0.717) is 17.9 Å². The molecule has 0 bridgehead atoms. The minimum atomic E-state index is 0.104. The first kappa shape index (κ1) is 12.6. The molecule has 1 fully saturated rings. The predicted octanol–water partition coefficient (Wildman–Crippen LogP) is 3.82. The summed E-state index contributed by atoms with van der Waals surface area (Å²) in [5, 5.41) is 0. The Hall–Kier alpha value is 0.540. The van der Waals surface area contributed by atoms with E-state index < -0.39 is 0 Å². The number of ether oxygens (including phenoxy) is 1. The molecule has 84 valence electrons. The van der Waals surface area contributed by atoms with Crippen molar-refractivity contribution in [1.82, 2.24) is 0 Å². The first-order valence-electron chi connectivity index (χ1n) is 5.50. The molecule has 0 saturated carbocycles. The van der Waals surface area contributed by atoms with Gasteiger partial charge < -0.3 is 4.74 Å². The lowest BCUT2D eigenvalue weighted by molar-refractivity contribution is 0.0706. The smallest absolute Gasteiger partial charge is 0.0582 e. The van der Waals surface area contributed by atoms with E-state index in [0.717, 1.165) is 25.9 Å². The molecule has 1 rings (SSSR count). The van der Waals surface area contributed by atoms with Gasteiger partial charge in [-0.1, -0.05) is 13.3 Å². The molecule has 1 heterocycles. The summed E-state index contributed by atoms with van der Waals surface area (Å²) in [5.74, 6) is 1.31.